The van der Waals surface area contributed by atoms with Gasteiger partial charge in [0.25, 0.3) is 0 Å². The maximum Gasteiger partial charge on any atom is 0.224 e. The van der Waals surface area contributed by atoms with Crippen molar-refractivity contribution < 1.29 is 9.53 Å². The molecule has 2 atom stereocenters. The molecule has 1 fully saturated rings. The Morgan fingerprint density at radius 2 is 2.33 bits per heavy atom. The number of nitrogens with one attached hydrogen (secondary N) is 2. The highest BCUT2D eigenvalue weighted by Crippen LogP contribution is 2.29. The van der Waals surface area contributed by atoms with Crippen LogP contribution in [0.5, 0.6) is 0 Å². The Morgan fingerprint density at radius 1 is 1.43 bits per heavy atom. The van der Waals surface area contributed by atoms with Crippen molar-refractivity contribution in [1.29, 1.82) is 0 Å². The fourth-order valence-electron chi connectivity index (χ4n) is 3.32. The first kappa shape index (κ1) is 14.5. The van der Waals surface area contributed by atoms with Gasteiger partial charge in [0.1, 0.15) is 0 Å². The monoisotopic (exact) mass is 288 g/mol. The van der Waals surface area contributed by atoms with E-state index < -0.39 is 0 Å². The zero-order valence-corrected chi connectivity index (χ0v) is 12.7. The van der Waals surface area contributed by atoms with Gasteiger partial charge in [0.2, 0.25) is 5.91 Å². The topological polar surface area (TPSA) is 50.4 Å². The summed E-state index contributed by atoms with van der Waals surface area (Å²) in [7, 11) is 2.02. The molecular weight excluding hydrogens is 264 g/mol. The van der Waals surface area contributed by atoms with Crippen LogP contribution in [0.25, 0.3) is 0 Å². The van der Waals surface area contributed by atoms with Crippen molar-refractivity contribution in [2.75, 3.05) is 19.0 Å². The van der Waals surface area contributed by atoms with Crippen LogP contribution in [0.1, 0.15) is 49.3 Å². The summed E-state index contributed by atoms with van der Waals surface area (Å²) < 4.78 is 5.71. The standard InChI is InChI=1S/C17H24N2O2/c1-18-15(8-6-14-3-2-10-21-14)12-4-7-16-13(11-12)5-9-17(20)19-16/h4,7,11,14-15,18H,2-3,5-6,8-10H2,1H3,(H,19,20). The van der Waals surface area contributed by atoms with Crippen LogP contribution in [-0.4, -0.2) is 25.7 Å². The van der Waals surface area contributed by atoms with Gasteiger partial charge in [-0.3, -0.25) is 4.79 Å². The molecule has 1 amide bonds. The SMILES string of the molecule is CNC(CCC1CCCO1)c1ccc2c(c1)CCC(=O)N2. The van der Waals surface area contributed by atoms with Gasteiger partial charge in [0.15, 0.2) is 0 Å². The van der Waals surface area contributed by atoms with Gasteiger partial charge in [-0.25, -0.2) is 0 Å². The summed E-state index contributed by atoms with van der Waals surface area (Å²) in [6.45, 7) is 0.924. The van der Waals surface area contributed by atoms with Crippen molar-refractivity contribution in [2.45, 2.75) is 50.7 Å². The quantitative estimate of drug-likeness (QED) is 0.876. The molecule has 4 nitrogen and oxygen atoms in total. The first-order chi connectivity index (χ1) is 10.3. The number of anilines is 1. The van der Waals surface area contributed by atoms with Crippen molar-refractivity contribution in [1.82, 2.24) is 5.32 Å². The lowest BCUT2D eigenvalue weighted by Gasteiger charge is -2.22. The first-order valence-corrected chi connectivity index (χ1v) is 7.98. The molecular formula is C17H24N2O2. The molecule has 2 aliphatic rings. The molecule has 1 aromatic rings. The molecule has 0 aromatic heterocycles. The van der Waals surface area contributed by atoms with Gasteiger partial charge in [0.05, 0.1) is 6.10 Å². The van der Waals surface area contributed by atoms with Crippen molar-refractivity contribution in [3.8, 4) is 0 Å². The molecule has 114 valence electrons. The number of fused-ring (bicyclic) bond motifs is 1. The summed E-state index contributed by atoms with van der Waals surface area (Å²) in [5.41, 5.74) is 3.54. The van der Waals surface area contributed by atoms with Gasteiger partial charge in [0, 0.05) is 24.8 Å². The molecule has 3 rings (SSSR count). The number of carbonyl (C=O) groups is 1. The van der Waals surface area contributed by atoms with Crippen LogP contribution in [0.3, 0.4) is 0 Å². The Kier molecular flexibility index (Phi) is 4.56. The van der Waals surface area contributed by atoms with E-state index in [1.54, 1.807) is 0 Å². The predicted octanol–water partition coefficient (Wildman–Crippen LogP) is 2.79. The number of benzene rings is 1. The largest absolute Gasteiger partial charge is 0.378 e. The number of rotatable bonds is 5. The van der Waals surface area contributed by atoms with E-state index in [1.165, 1.54) is 24.0 Å². The molecule has 1 aromatic carbocycles. The van der Waals surface area contributed by atoms with Crippen molar-refractivity contribution in [3.05, 3.63) is 29.3 Å². The average Bonchev–Trinajstić information content (AvgIpc) is 3.01. The number of ether oxygens (including phenoxy) is 1. The Balaban J connectivity index is 1.67. The second-order valence-electron chi connectivity index (χ2n) is 6.02. The number of aryl methyl sites for hydroxylation is 1. The van der Waals surface area contributed by atoms with Crippen LogP contribution in [0.4, 0.5) is 5.69 Å². The normalized spacial score (nSPS) is 22.7. The van der Waals surface area contributed by atoms with E-state index in [1.807, 2.05) is 13.1 Å². The zero-order valence-electron chi connectivity index (χ0n) is 12.7. The third-order valence-electron chi connectivity index (χ3n) is 4.58. The minimum atomic E-state index is 0.124. The lowest BCUT2D eigenvalue weighted by Crippen LogP contribution is -2.21. The van der Waals surface area contributed by atoms with Crippen molar-refractivity contribution in [3.63, 3.8) is 0 Å². The molecule has 21 heavy (non-hydrogen) atoms. The first-order valence-electron chi connectivity index (χ1n) is 7.98. The van der Waals surface area contributed by atoms with Crippen molar-refractivity contribution >= 4 is 11.6 Å². The van der Waals surface area contributed by atoms with E-state index in [-0.39, 0.29) is 5.91 Å². The van der Waals surface area contributed by atoms with Gasteiger partial charge in [-0.15, -0.1) is 0 Å². The average molecular weight is 288 g/mol. The van der Waals surface area contributed by atoms with E-state index in [9.17, 15) is 4.79 Å². The van der Waals surface area contributed by atoms with Crippen LogP contribution < -0.4 is 10.6 Å². The van der Waals surface area contributed by atoms with Crippen LogP contribution in [-0.2, 0) is 16.0 Å². The fourth-order valence-corrected chi connectivity index (χ4v) is 3.32. The fraction of sp³-hybridized carbons (Fsp3) is 0.588. The molecule has 2 aliphatic heterocycles. The Hall–Kier alpha value is -1.39. The smallest absolute Gasteiger partial charge is 0.224 e. The molecule has 2 N–H and O–H groups in total. The summed E-state index contributed by atoms with van der Waals surface area (Å²) in [5.74, 6) is 0.124. The van der Waals surface area contributed by atoms with E-state index in [0.29, 0.717) is 18.6 Å². The second-order valence-corrected chi connectivity index (χ2v) is 6.02. The highest BCUT2D eigenvalue weighted by molar-refractivity contribution is 5.93. The van der Waals surface area contributed by atoms with Crippen LogP contribution in [0.2, 0.25) is 0 Å². The predicted molar refractivity (Wildman–Crippen MR) is 83.4 cm³/mol. The summed E-state index contributed by atoms with van der Waals surface area (Å²) in [6.07, 6.45) is 6.48. The van der Waals surface area contributed by atoms with Gasteiger partial charge in [-0.2, -0.15) is 0 Å². The molecule has 0 aliphatic carbocycles. The highest BCUT2D eigenvalue weighted by Gasteiger charge is 2.20. The Labute approximate surface area is 126 Å². The molecule has 2 heterocycles. The van der Waals surface area contributed by atoms with Gasteiger partial charge in [-0.1, -0.05) is 12.1 Å². The highest BCUT2D eigenvalue weighted by atomic mass is 16.5. The summed E-state index contributed by atoms with van der Waals surface area (Å²) in [5, 5.41) is 6.36. The Morgan fingerprint density at radius 3 is 3.10 bits per heavy atom. The summed E-state index contributed by atoms with van der Waals surface area (Å²) in [4.78, 5) is 11.4. The van der Waals surface area contributed by atoms with E-state index >= 15 is 0 Å². The summed E-state index contributed by atoms with van der Waals surface area (Å²) >= 11 is 0. The minimum Gasteiger partial charge on any atom is -0.378 e. The molecule has 0 saturated carbocycles. The molecule has 0 bridgehead atoms. The Bertz CT molecular complexity index is 510. The lowest BCUT2D eigenvalue weighted by molar-refractivity contribution is -0.116. The van der Waals surface area contributed by atoms with Crippen molar-refractivity contribution in [2.24, 2.45) is 0 Å². The molecule has 0 radical (unpaired) electrons. The third kappa shape index (κ3) is 3.44. The maximum absolute atomic E-state index is 11.4. The van der Waals surface area contributed by atoms with Gasteiger partial charge < -0.3 is 15.4 Å². The number of carbonyl (C=O) groups excluding carboxylic acids is 1. The van der Waals surface area contributed by atoms with Gasteiger partial charge >= 0.3 is 0 Å². The van der Waals surface area contributed by atoms with Crippen LogP contribution >= 0.6 is 0 Å². The van der Waals surface area contributed by atoms with E-state index in [2.05, 4.69) is 22.8 Å². The van der Waals surface area contributed by atoms with Crippen LogP contribution in [0, 0.1) is 0 Å². The van der Waals surface area contributed by atoms with E-state index in [4.69, 9.17) is 4.74 Å². The molecule has 4 heteroatoms. The van der Waals surface area contributed by atoms with Gasteiger partial charge in [-0.05, 0) is 56.3 Å². The molecule has 2 unspecified atom stereocenters. The summed E-state index contributed by atoms with van der Waals surface area (Å²) in [6, 6.07) is 6.77. The molecule has 0 spiro atoms. The molecule has 1 saturated heterocycles. The number of hydrogen-bond acceptors (Lipinski definition) is 3. The van der Waals surface area contributed by atoms with E-state index in [0.717, 1.165) is 31.6 Å². The minimum absolute atomic E-state index is 0.124. The van der Waals surface area contributed by atoms with Crippen LogP contribution in [0.15, 0.2) is 18.2 Å². The number of hydrogen-bond donors (Lipinski definition) is 2. The third-order valence-corrected chi connectivity index (χ3v) is 4.58. The number of amides is 1. The maximum atomic E-state index is 11.4. The zero-order chi connectivity index (χ0) is 14.7. The lowest BCUT2D eigenvalue weighted by atomic mass is 9.94. The second kappa shape index (κ2) is 6.58.